The van der Waals surface area contributed by atoms with Gasteiger partial charge in [-0.2, -0.15) is 5.10 Å². The number of rotatable bonds is 6. The summed E-state index contributed by atoms with van der Waals surface area (Å²) in [5, 5.41) is 10.2. The molecule has 1 unspecified atom stereocenters. The number of aromatic amines is 1. The van der Waals surface area contributed by atoms with Crippen LogP contribution < -0.4 is 5.32 Å². The van der Waals surface area contributed by atoms with Crippen molar-refractivity contribution in [3.63, 3.8) is 0 Å². The number of fused-ring (bicyclic) bond motifs is 1. The van der Waals surface area contributed by atoms with Crippen molar-refractivity contribution in [2.75, 3.05) is 19.7 Å². The Hall–Kier alpha value is -2.90. The molecule has 2 N–H and O–H groups in total. The highest BCUT2D eigenvalue weighted by atomic mass is 16.5. The number of likely N-dealkylation sites (tertiary alicyclic amines) is 1. The Morgan fingerprint density at radius 3 is 2.93 bits per heavy atom. The first kappa shape index (κ1) is 18.9. The summed E-state index contributed by atoms with van der Waals surface area (Å²) in [5.41, 5.74) is 1.06. The number of nitrogens with zero attached hydrogens (tertiary/aromatic N) is 2. The van der Waals surface area contributed by atoms with Gasteiger partial charge in [0.2, 0.25) is 0 Å². The molecule has 144 valence electrons. The van der Waals surface area contributed by atoms with Crippen LogP contribution in [-0.2, 0) is 14.3 Å². The van der Waals surface area contributed by atoms with Gasteiger partial charge in [-0.25, -0.2) is 0 Å². The number of ether oxygens (including phenoxy) is 1. The molecule has 1 aromatic carbocycles. The third-order valence-corrected chi connectivity index (χ3v) is 4.78. The van der Waals surface area contributed by atoms with Crippen molar-refractivity contribution in [1.82, 2.24) is 20.4 Å². The first-order valence-corrected chi connectivity index (χ1v) is 9.22. The fraction of sp³-hybridized carbons (Fsp3) is 0.474. The molecule has 27 heavy (non-hydrogen) atoms. The van der Waals surface area contributed by atoms with Crippen LogP contribution in [0.5, 0.6) is 0 Å². The molecule has 8 nitrogen and oxygen atoms in total. The molecule has 1 fully saturated rings. The standard InChI is InChI=1S/C19H24N4O4/c1-13-6-4-5-11-23(13)16(24)12-27-17(25)9-10-20-19(26)18-14-7-2-3-8-15(14)21-22-18/h2-3,7-8,13H,4-6,9-12H2,1H3,(H,20,26)(H,21,22). The largest absolute Gasteiger partial charge is 0.456 e. The summed E-state index contributed by atoms with van der Waals surface area (Å²) in [5.74, 6) is -1.04. The number of piperidine rings is 1. The van der Waals surface area contributed by atoms with Gasteiger partial charge in [-0.1, -0.05) is 18.2 Å². The van der Waals surface area contributed by atoms with E-state index in [1.165, 1.54) is 0 Å². The number of amides is 2. The molecular weight excluding hydrogens is 348 g/mol. The van der Waals surface area contributed by atoms with Gasteiger partial charge < -0.3 is 15.0 Å². The Labute approximate surface area is 157 Å². The van der Waals surface area contributed by atoms with E-state index in [2.05, 4.69) is 15.5 Å². The highest BCUT2D eigenvalue weighted by molar-refractivity contribution is 6.04. The van der Waals surface area contributed by atoms with Crippen molar-refractivity contribution in [3.8, 4) is 0 Å². The highest BCUT2D eigenvalue weighted by Gasteiger charge is 2.24. The Balaban J connectivity index is 1.40. The van der Waals surface area contributed by atoms with E-state index in [0.29, 0.717) is 6.54 Å². The molecule has 3 rings (SSSR count). The number of esters is 1. The molecule has 0 spiro atoms. The fourth-order valence-electron chi connectivity index (χ4n) is 3.26. The number of H-pyrrole nitrogens is 1. The number of para-hydroxylation sites is 1. The quantitative estimate of drug-likeness (QED) is 0.750. The van der Waals surface area contributed by atoms with Gasteiger partial charge in [0.25, 0.3) is 11.8 Å². The maximum Gasteiger partial charge on any atom is 0.308 e. The molecule has 1 aromatic heterocycles. The molecule has 1 aliphatic rings. The van der Waals surface area contributed by atoms with Crippen LogP contribution in [0.3, 0.4) is 0 Å². The van der Waals surface area contributed by atoms with Gasteiger partial charge >= 0.3 is 5.97 Å². The zero-order valence-electron chi connectivity index (χ0n) is 15.4. The number of carbonyl (C=O) groups is 3. The molecule has 0 radical (unpaired) electrons. The van der Waals surface area contributed by atoms with Crippen LogP contribution in [-0.4, -0.2) is 58.6 Å². The van der Waals surface area contributed by atoms with E-state index in [0.717, 1.165) is 30.2 Å². The van der Waals surface area contributed by atoms with Crippen LogP contribution in [0.4, 0.5) is 0 Å². The summed E-state index contributed by atoms with van der Waals surface area (Å²) in [7, 11) is 0. The van der Waals surface area contributed by atoms with E-state index < -0.39 is 5.97 Å². The first-order chi connectivity index (χ1) is 13.1. The highest BCUT2D eigenvalue weighted by Crippen LogP contribution is 2.16. The van der Waals surface area contributed by atoms with Crippen LogP contribution in [0, 0.1) is 0 Å². The van der Waals surface area contributed by atoms with Crippen molar-refractivity contribution in [2.45, 2.75) is 38.6 Å². The molecule has 0 bridgehead atoms. The van der Waals surface area contributed by atoms with Crippen LogP contribution in [0.1, 0.15) is 43.1 Å². The van der Waals surface area contributed by atoms with Crippen molar-refractivity contribution >= 4 is 28.7 Å². The van der Waals surface area contributed by atoms with Gasteiger partial charge in [0.15, 0.2) is 12.3 Å². The lowest BCUT2D eigenvalue weighted by Crippen LogP contribution is -2.44. The third-order valence-electron chi connectivity index (χ3n) is 4.78. The number of hydrogen-bond acceptors (Lipinski definition) is 5. The smallest absolute Gasteiger partial charge is 0.308 e. The lowest BCUT2D eigenvalue weighted by Gasteiger charge is -2.33. The second kappa shape index (κ2) is 8.66. The summed E-state index contributed by atoms with van der Waals surface area (Å²) in [6.07, 6.45) is 3.08. The van der Waals surface area contributed by atoms with Gasteiger partial charge in [-0.15, -0.1) is 0 Å². The lowest BCUT2D eigenvalue weighted by atomic mass is 10.0. The Kier molecular flexibility index (Phi) is 6.05. The van der Waals surface area contributed by atoms with Crippen LogP contribution in [0.15, 0.2) is 24.3 Å². The minimum atomic E-state index is -0.514. The molecule has 2 heterocycles. The minimum absolute atomic E-state index is 0.00305. The molecule has 2 amide bonds. The minimum Gasteiger partial charge on any atom is -0.456 e. The number of carbonyl (C=O) groups excluding carboxylic acids is 3. The van der Waals surface area contributed by atoms with Crippen molar-refractivity contribution in [3.05, 3.63) is 30.0 Å². The fourth-order valence-corrected chi connectivity index (χ4v) is 3.26. The molecule has 1 saturated heterocycles. The predicted octanol–water partition coefficient (Wildman–Crippen LogP) is 1.63. The predicted molar refractivity (Wildman–Crippen MR) is 99.0 cm³/mol. The average Bonchev–Trinajstić information content (AvgIpc) is 3.10. The lowest BCUT2D eigenvalue weighted by molar-refractivity contribution is -0.153. The van der Waals surface area contributed by atoms with Crippen LogP contribution in [0.2, 0.25) is 0 Å². The molecule has 8 heteroatoms. The van der Waals surface area contributed by atoms with Crippen molar-refractivity contribution in [1.29, 1.82) is 0 Å². The molecular formula is C19H24N4O4. The summed E-state index contributed by atoms with van der Waals surface area (Å²) in [6.45, 7) is 2.59. The normalized spacial score (nSPS) is 16.9. The van der Waals surface area contributed by atoms with E-state index in [1.807, 2.05) is 25.1 Å². The monoisotopic (exact) mass is 372 g/mol. The summed E-state index contributed by atoms with van der Waals surface area (Å²) >= 11 is 0. The zero-order chi connectivity index (χ0) is 19.2. The van der Waals surface area contributed by atoms with Crippen molar-refractivity contribution in [2.24, 2.45) is 0 Å². The summed E-state index contributed by atoms with van der Waals surface area (Å²) in [4.78, 5) is 37.9. The second-order valence-corrected chi connectivity index (χ2v) is 6.72. The Morgan fingerprint density at radius 1 is 1.30 bits per heavy atom. The number of benzene rings is 1. The second-order valence-electron chi connectivity index (χ2n) is 6.72. The summed E-state index contributed by atoms with van der Waals surface area (Å²) in [6, 6.07) is 7.50. The van der Waals surface area contributed by atoms with Crippen LogP contribution in [0.25, 0.3) is 10.9 Å². The molecule has 0 saturated carbocycles. The van der Waals surface area contributed by atoms with Crippen molar-refractivity contribution < 1.29 is 19.1 Å². The van der Waals surface area contributed by atoms with Gasteiger partial charge in [0, 0.05) is 24.5 Å². The van der Waals surface area contributed by atoms with Gasteiger partial charge in [-0.3, -0.25) is 19.5 Å². The van der Waals surface area contributed by atoms with E-state index >= 15 is 0 Å². The third kappa shape index (κ3) is 4.64. The number of hydrogen-bond donors (Lipinski definition) is 2. The molecule has 1 aliphatic heterocycles. The maximum atomic E-state index is 12.2. The number of nitrogens with one attached hydrogen (secondary N) is 2. The van der Waals surface area contributed by atoms with E-state index in [1.54, 1.807) is 11.0 Å². The van der Waals surface area contributed by atoms with E-state index in [-0.39, 0.29) is 43.1 Å². The van der Waals surface area contributed by atoms with Gasteiger partial charge in [0.1, 0.15) is 0 Å². The topological polar surface area (TPSA) is 104 Å². The Morgan fingerprint density at radius 2 is 2.11 bits per heavy atom. The van der Waals surface area contributed by atoms with E-state index in [4.69, 9.17) is 4.74 Å². The average molecular weight is 372 g/mol. The Bertz CT molecular complexity index is 832. The first-order valence-electron chi connectivity index (χ1n) is 9.22. The molecule has 2 aromatic rings. The molecule has 0 aliphatic carbocycles. The summed E-state index contributed by atoms with van der Waals surface area (Å²) < 4.78 is 5.04. The molecule has 1 atom stereocenters. The van der Waals surface area contributed by atoms with Gasteiger partial charge in [0.05, 0.1) is 11.9 Å². The van der Waals surface area contributed by atoms with Gasteiger partial charge in [-0.05, 0) is 32.3 Å². The zero-order valence-corrected chi connectivity index (χ0v) is 15.4. The van der Waals surface area contributed by atoms with E-state index in [9.17, 15) is 14.4 Å². The SMILES string of the molecule is CC1CCCCN1C(=O)COC(=O)CCNC(=O)c1n[nH]c2ccccc12. The number of aromatic nitrogens is 2. The maximum absolute atomic E-state index is 12.2. The van der Waals surface area contributed by atoms with Crippen LogP contribution >= 0.6 is 0 Å².